The molecule has 4 nitrogen and oxygen atoms in total. The lowest BCUT2D eigenvalue weighted by atomic mass is 10.1. The van der Waals surface area contributed by atoms with Crippen LogP contribution in [0.2, 0.25) is 0 Å². The highest BCUT2D eigenvalue weighted by Gasteiger charge is 2.07. The van der Waals surface area contributed by atoms with Gasteiger partial charge in [-0.1, -0.05) is 24.3 Å². The third kappa shape index (κ3) is 3.40. The van der Waals surface area contributed by atoms with E-state index in [-0.39, 0.29) is 13.0 Å². The highest BCUT2D eigenvalue weighted by atomic mass is 16.5. The van der Waals surface area contributed by atoms with E-state index in [0.29, 0.717) is 11.3 Å². The second-order valence-corrected chi connectivity index (χ2v) is 3.23. The number of ether oxygens (including phenoxy) is 1. The maximum Gasteiger partial charge on any atom is 0.307 e. The molecule has 0 atom stereocenters. The number of carboxylic acid groups (broad SMARTS) is 1. The van der Waals surface area contributed by atoms with Crippen molar-refractivity contribution in [1.29, 1.82) is 0 Å². The standard InChI is InChI=1S/C12H14O4/c1-16-11-7-9(3-2-6-13)4-5-10(11)8-12(14)15/h2-5,7,13H,6,8H2,1H3,(H,14,15). The van der Waals surface area contributed by atoms with Gasteiger partial charge in [0.2, 0.25) is 0 Å². The van der Waals surface area contributed by atoms with E-state index in [1.807, 2.05) is 0 Å². The molecule has 2 N–H and O–H groups in total. The van der Waals surface area contributed by atoms with E-state index < -0.39 is 5.97 Å². The molecular formula is C12H14O4. The summed E-state index contributed by atoms with van der Waals surface area (Å²) in [5.41, 5.74) is 1.50. The number of benzene rings is 1. The summed E-state index contributed by atoms with van der Waals surface area (Å²) in [5, 5.41) is 17.3. The number of methoxy groups -OCH3 is 1. The number of aliphatic hydroxyl groups excluding tert-OH is 1. The highest BCUT2D eigenvalue weighted by Crippen LogP contribution is 2.21. The number of aliphatic hydroxyl groups is 1. The van der Waals surface area contributed by atoms with Crippen LogP contribution in [-0.2, 0) is 11.2 Å². The van der Waals surface area contributed by atoms with Gasteiger partial charge in [0.25, 0.3) is 0 Å². The molecule has 0 aliphatic rings. The Morgan fingerprint density at radius 1 is 1.50 bits per heavy atom. The zero-order chi connectivity index (χ0) is 12.0. The smallest absolute Gasteiger partial charge is 0.307 e. The molecule has 1 rings (SSSR count). The van der Waals surface area contributed by atoms with Gasteiger partial charge in [-0.15, -0.1) is 0 Å². The SMILES string of the molecule is COc1cc(C=CCO)ccc1CC(=O)O. The number of carbonyl (C=O) groups is 1. The Labute approximate surface area is 93.8 Å². The topological polar surface area (TPSA) is 66.8 Å². The second kappa shape index (κ2) is 5.92. The number of carboxylic acids is 1. The fourth-order valence-corrected chi connectivity index (χ4v) is 1.36. The first-order valence-corrected chi connectivity index (χ1v) is 4.83. The summed E-state index contributed by atoms with van der Waals surface area (Å²) in [6.07, 6.45) is 3.28. The molecule has 0 aliphatic heterocycles. The minimum Gasteiger partial charge on any atom is -0.496 e. The van der Waals surface area contributed by atoms with Crippen LogP contribution in [0, 0.1) is 0 Å². The Morgan fingerprint density at radius 2 is 2.25 bits per heavy atom. The van der Waals surface area contributed by atoms with Crippen LogP contribution >= 0.6 is 0 Å². The Morgan fingerprint density at radius 3 is 2.81 bits per heavy atom. The van der Waals surface area contributed by atoms with Crippen molar-refractivity contribution in [3.05, 3.63) is 35.4 Å². The maximum absolute atomic E-state index is 10.6. The van der Waals surface area contributed by atoms with E-state index in [0.717, 1.165) is 5.56 Å². The van der Waals surface area contributed by atoms with Crippen LogP contribution in [0.25, 0.3) is 6.08 Å². The molecule has 16 heavy (non-hydrogen) atoms. The summed E-state index contributed by atoms with van der Waals surface area (Å²) in [7, 11) is 1.50. The maximum atomic E-state index is 10.6. The lowest BCUT2D eigenvalue weighted by Gasteiger charge is -2.07. The van der Waals surface area contributed by atoms with Gasteiger partial charge in [-0.05, 0) is 11.6 Å². The predicted octanol–water partition coefficient (Wildman–Crippen LogP) is 1.33. The van der Waals surface area contributed by atoms with Crippen molar-refractivity contribution in [3.8, 4) is 5.75 Å². The van der Waals surface area contributed by atoms with Crippen molar-refractivity contribution < 1.29 is 19.7 Å². The van der Waals surface area contributed by atoms with Crippen LogP contribution in [-0.4, -0.2) is 29.9 Å². The normalized spacial score (nSPS) is 10.6. The fourth-order valence-electron chi connectivity index (χ4n) is 1.36. The van der Waals surface area contributed by atoms with E-state index in [1.165, 1.54) is 7.11 Å². The Kier molecular flexibility index (Phi) is 4.54. The van der Waals surface area contributed by atoms with Crippen LogP contribution in [0.1, 0.15) is 11.1 Å². The molecule has 0 unspecified atom stereocenters. The third-order valence-corrected chi connectivity index (χ3v) is 2.07. The first-order chi connectivity index (χ1) is 7.67. The van der Waals surface area contributed by atoms with Crippen LogP contribution in [0.4, 0.5) is 0 Å². The van der Waals surface area contributed by atoms with Crippen LogP contribution < -0.4 is 4.74 Å². The van der Waals surface area contributed by atoms with Crippen molar-refractivity contribution >= 4 is 12.0 Å². The fraction of sp³-hybridized carbons (Fsp3) is 0.250. The average molecular weight is 222 g/mol. The first kappa shape index (κ1) is 12.3. The summed E-state index contributed by atoms with van der Waals surface area (Å²) in [6.45, 7) is -0.0286. The summed E-state index contributed by atoms with van der Waals surface area (Å²) < 4.78 is 5.11. The molecule has 1 aromatic rings. The minimum atomic E-state index is -0.892. The quantitative estimate of drug-likeness (QED) is 0.788. The average Bonchev–Trinajstić information content (AvgIpc) is 2.27. The largest absolute Gasteiger partial charge is 0.496 e. The summed E-state index contributed by atoms with van der Waals surface area (Å²) in [4.78, 5) is 10.6. The zero-order valence-corrected chi connectivity index (χ0v) is 9.01. The molecule has 0 saturated heterocycles. The van der Waals surface area contributed by atoms with Crippen LogP contribution in [0.5, 0.6) is 5.75 Å². The number of rotatable bonds is 5. The predicted molar refractivity (Wildman–Crippen MR) is 60.5 cm³/mol. The second-order valence-electron chi connectivity index (χ2n) is 3.23. The van der Waals surface area contributed by atoms with E-state index in [4.69, 9.17) is 14.9 Å². The molecule has 0 radical (unpaired) electrons. The number of hydrogen-bond donors (Lipinski definition) is 2. The van der Waals surface area contributed by atoms with Crippen molar-refractivity contribution in [2.75, 3.05) is 13.7 Å². The molecule has 0 aromatic heterocycles. The van der Waals surface area contributed by atoms with Crippen molar-refractivity contribution in [2.24, 2.45) is 0 Å². The molecule has 0 spiro atoms. The minimum absolute atomic E-state index is 0.0286. The molecule has 0 heterocycles. The van der Waals surface area contributed by atoms with Crippen molar-refractivity contribution in [2.45, 2.75) is 6.42 Å². The summed E-state index contributed by atoms with van der Waals surface area (Å²) >= 11 is 0. The molecule has 86 valence electrons. The van der Waals surface area contributed by atoms with Gasteiger partial charge >= 0.3 is 5.97 Å². The number of hydrogen-bond acceptors (Lipinski definition) is 3. The van der Waals surface area contributed by atoms with Gasteiger partial charge in [0.15, 0.2) is 0 Å². The van der Waals surface area contributed by atoms with Gasteiger partial charge < -0.3 is 14.9 Å². The summed E-state index contributed by atoms with van der Waals surface area (Å²) in [5.74, 6) is -0.348. The highest BCUT2D eigenvalue weighted by molar-refractivity contribution is 5.71. The molecule has 1 aromatic carbocycles. The van der Waals surface area contributed by atoms with Gasteiger partial charge in [-0.2, -0.15) is 0 Å². The molecule has 0 aliphatic carbocycles. The third-order valence-electron chi connectivity index (χ3n) is 2.07. The van der Waals surface area contributed by atoms with Crippen molar-refractivity contribution in [1.82, 2.24) is 0 Å². The van der Waals surface area contributed by atoms with E-state index in [2.05, 4.69) is 0 Å². The first-order valence-electron chi connectivity index (χ1n) is 4.83. The van der Waals surface area contributed by atoms with E-state index in [9.17, 15) is 4.79 Å². The van der Waals surface area contributed by atoms with Crippen molar-refractivity contribution in [3.63, 3.8) is 0 Å². The lowest BCUT2D eigenvalue weighted by molar-refractivity contribution is -0.136. The molecular weight excluding hydrogens is 208 g/mol. The van der Waals surface area contributed by atoms with Crippen LogP contribution in [0.15, 0.2) is 24.3 Å². The molecule has 0 saturated carbocycles. The lowest BCUT2D eigenvalue weighted by Crippen LogP contribution is -2.02. The van der Waals surface area contributed by atoms with E-state index in [1.54, 1.807) is 30.4 Å². The van der Waals surface area contributed by atoms with Gasteiger partial charge in [-0.3, -0.25) is 4.79 Å². The Hall–Kier alpha value is -1.81. The van der Waals surface area contributed by atoms with Gasteiger partial charge in [0.05, 0.1) is 20.1 Å². The molecule has 4 heteroatoms. The van der Waals surface area contributed by atoms with Gasteiger partial charge in [-0.25, -0.2) is 0 Å². The van der Waals surface area contributed by atoms with Gasteiger partial charge in [0.1, 0.15) is 5.75 Å². The Balaban J connectivity index is 2.96. The number of aliphatic carboxylic acids is 1. The zero-order valence-electron chi connectivity index (χ0n) is 9.01. The molecule has 0 fully saturated rings. The van der Waals surface area contributed by atoms with E-state index >= 15 is 0 Å². The Bertz CT molecular complexity index is 396. The summed E-state index contributed by atoms with van der Waals surface area (Å²) in [6, 6.07) is 5.24. The van der Waals surface area contributed by atoms with Gasteiger partial charge in [0, 0.05) is 5.56 Å². The monoisotopic (exact) mass is 222 g/mol. The molecule has 0 bridgehead atoms. The molecule has 0 amide bonds. The van der Waals surface area contributed by atoms with Crippen LogP contribution in [0.3, 0.4) is 0 Å².